The van der Waals surface area contributed by atoms with E-state index in [1.807, 2.05) is 19.1 Å². The first kappa shape index (κ1) is 12.5. The minimum atomic E-state index is -0.572. The van der Waals surface area contributed by atoms with Crippen molar-refractivity contribution in [3.8, 4) is 11.8 Å². The lowest BCUT2D eigenvalue weighted by Crippen LogP contribution is -2.29. The molecule has 4 heteroatoms. The summed E-state index contributed by atoms with van der Waals surface area (Å²) in [5, 5.41) is 21.3. The number of nitrogens with one attached hydrogen (secondary N) is 1. The van der Waals surface area contributed by atoms with Gasteiger partial charge in [-0.1, -0.05) is 12.1 Å². The minimum Gasteiger partial charge on any atom is -0.489 e. The van der Waals surface area contributed by atoms with Crippen LogP contribution in [-0.4, -0.2) is 31.4 Å². The smallest absolute Gasteiger partial charge is 0.137 e. The summed E-state index contributed by atoms with van der Waals surface area (Å²) >= 11 is 0. The van der Waals surface area contributed by atoms with E-state index in [9.17, 15) is 5.11 Å². The predicted molar refractivity (Wildman–Crippen MR) is 61.3 cm³/mol. The molecule has 4 nitrogen and oxygen atoms in total. The molecule has 0 bridgehead atoms. The highest BCUT2D eigenvalue weighted by Gasteiger charge is 2.08. The van der Waals surface area contributed by atoms with Gasteiger partial charge in [0.1, 0.15) is 24.5 Å². The molecule has 0 saturated heterocycles. The minimum absolute atomic E-state index is 0.180. The maximum absolute atomic E-state index is 9.47. The number of nitriles is 1. The molecule has 0 fully saturated rings. The lowest BCUT2D eigenvalue weighted by atomic mass is 10.1. The fourth-order valence-electron chi connectivity index (χ4n) is 1.38. The van der Waals surface area contributed by atoms with Crippen molar-refractivity contribution in [2.24, 2.45) is 0 Å². The maximum atomic E-state index is 9.47. The number of rotatable bonds is 5. The van der Waals surface area contributed by atoms with E-state index >= 15 is 0 Å². The highest BCUT2D eigenvalue weighted by Crippen LogP contribution is 2.20. The van der Waals surface area contributed by atoms with Crippen molar-refractivity contribution in [1.29, 1.82) is 5.26 Å². The van der Waals surface area contributed by atoms with Crippen LogP contribution in [0.2, 0.25) is 0 Å². The Morgan fingerprint density at radius 3 is 2.94 bits per heavy atom. The Morgan fingerprint density at radius 1 is 1.56 bits per heavy atom. The molecular weight excluding hydrogens is 204 g/mol. The molecule has 1 atom stereocenters. The van der Waals surface area contributed by atoms with E-state index in [0.29, 0.717) is 17.9 Å². The summed E-state index contributed by atoms with van der Waals surface area (Å²) in [4.78, 5) is 0. The zero-order chi connectivity index (χ0) is 12.0. The largest absolute Gasteiger partial charge is 0.489 e. The van der Waals surface area contributed by atoms with Crippen LogP contribution in [0, 0.1) is 18.3 Å². The van der Waals surface area contributed by atoms with Crippen molar-refractivity contribution in [2.75, 3.05) is 20.2 Å². The molecule has 0 aromatic heterocycles. The lowest BCUT2D eigenvalue weighted by Gasteiger charge is -2.13. The number of nitrogens with zero attached hydrogens (tertiary/aromatic N) is 1. The van der Waals surface area contributed by atoms with Crippen molar-refractivity contribution < 1.29 is 9.84 Å². The molecule has 86 valence electrons. The number of aliphatic hydroxyl groups excluding tert-OH is 1. The molecule has 1 aromatic rings. The van der Waals surface area contributed by atoms with Gasteiger partial charge in [0.05, 0.1) is 5.56 Å². The molecule has 1 rings (SSSR count). The Kier molecular flexibility index (Phi) is 4.77. The van der Waals surface area contributed by atoms with Gasteiger partial charge in [-0.05, 0) is 25.6 Å². The monoisotopic (exact) mass is 220 g/mol. The number of aryl methyl sites for hydroxylation is 1. The van der Waals surface area contributed by atoms with Gasteiger partial charge in [-0.25, -0.2) is 0 Å². The number of ether oxygens (including phenoxy) is 1. The molecule has 0 aliphatic heterocycles. The van der Waals surface area contributed by atoms with Gasteiger partial charge in [-0.2, -0.15) is 5.26 Å². The van der Waals surface area contributed by atoms with Crippen LogP contribution in [0.3, 0.4) is 0 Å². The van der Waals surface area contributed by atoms with E-state index in [4.69, 9.17) is 10.00 Å². The Morgan fingerprint density at radius 2 is 2.31 bits per heavy atom. The molecule has 0 amide bonds. The topological polar surface area (TPSA) is 65.3 Å². The van der Waals surface area contributed by atoms with E-state index in [0.717, 1.165) is 5.56 Å². The van der Waals surface area contributed by atoms with Gasteiger partial charge >= 0.3 is 0 Å². The van der Waals surface area contributed by atoms with Gasteiger partial charge in [0, 0.05) is 6.54 Å². The van der Waals surface area contributed by atoms with Gasteiger partial charge in [-0.15, -0.1) is 0 Å². The number of hydrogen-bond acceptors (Lipinski definition) is 4. The summed E-state index contributed by atoms with van der Waals surface area (Å²) in [6, 6.07) is 7.52. The van der Waals surface area contributed by atoms with Crippen molar-refractivity contribution in [3.63, 3.8) is 0 Å². The standard InChI is InChI=1S/C12H16N2O2/c1-9-4-3-5-12(11(9)6-13)16-8-10(15)7-14-2/h3-5,10,14-15H,7-8H2,1-2H3. The first-order chi connectivity index (χ1) is 7.69. The van der Waals surface area contributed by atoms with Crippen LogP contribution in [0.1, 0.15) is 11.1 Å². The van der Waals surface area contributed by atoms with Crippen LogP contribution in [0.4, 0.5) is 0 Å². The van der Waals surface area contributed by atoms with Crippen LogP contribution in [-0.2, 0) is 0 Å². The second kappa shape index (κ2) is 6.11. The molecule has 0 aliphatic rings. The van der Waals surface area contributed by atoms with Gasteiger partial charge in [0.25, 0.3) is 0 Å². The fraction of sp³-hybridized carbons (Fsp3) is 0.417. The first-order valence-corrected chi connectivity index (χ1v) is 5.14. The second-order valence-electron chi connectivity index (χ2n) is 3.58. The molecule has 16 heavy (non-hydrogen) atoms. The zero-order valence-electron chi connectivity index (χ0n) is 9.53. The van der Waals surface area contributed by atoms with Gasteiger partial charge in [0.2, 0.25) is 0 Å². The molecule has 0 saturated carbocycles. The van der Waals surface area contributed by atoms with Crippen LogP contribution < -0.4 is 10.1 Å². The summed E-state index contributed by atoms with van der Waals surface area (Å²) < 4.78 is 5.41. The quantitative estimate of drug-likeness (QED) is 0.771. The van der Waals surface area contributed by atoms with Gasteiger partial charge < -0.3 is 15.2 Å². The number of benzene rings is 1. The fourth-order valence-corrected chi connectivity index (χ4v) is 1.38. The third kappa shape index (κ3) is 3.23. The Labute approximate surface area is 95.5 Å². The van der Waals surface area contributed by atoms with E-state index in [1.54, 1.807) is 13.1 Å². The highest BCUT2D eigenvalue weighted by atomic mass is 16.5. The average Bonchev–Trinajstić information content (AvgIpc) is 2.27. The second-order valence-corrected chi connectivity index (χ2v) is 3.58. The summed E-state index contributed by atoms with van der Waals surface area (Å²) in [5.74, 6) is 0.526. The van der Waals surface area contributed by atoms with Crippen molar-refractivity contribution in [3.05, 3.63) is 29.3 Å². The molecule has 1 unspecified atom stereocenters. The molecule has 0 aliphatic carbocycles. The van der Waals surface area contributed by atoms with Crippen molar-refractivity contribution in [2.45, 2.75) is 13.0 Å². The highest BCUT2D eigenvalue weighted by molar-refractivity contribution is 5.48. The Balaban J connectivity index is 2.67. The SMILES string of the molecule is CNCC(O)COc1cccc(C)c1C#N. The summed E-state index contributed by atoms with van der Waals surface area (Å²) in [6.45, 7) is 2.50. The maximum Gasteiger partial charge on any atom is 0.137 e. The summed E-state index contributed by atoms with van der Waals surface area (Å²) in [7, 11) is 1.76. The van der Waals surface area contributed by atoms with E-state index in [-0.39, 0.29) is 6.61 Å². The summed E-state index contributed by atoms with van der Waals surface area (Å²) in [6.07, 6.45) is -0.572. The van der Waals surface area contributed by atoms with Crippen molar-refractivity contribution >= 4 is 0 Å². The molecule has 0 heterocycles. The molecule has 1 aromatic carbocycles. The number of aliphatic hydroxyl groups is 1. The molecule has 2 N–H and O–H groups in total. The van der Waals surface area contributed by atoms with E-state index in [2.05, 4.69) is 11.4 Å². The molecular formula is C12H16N2O2. The van der Waals surface area contributed by atoms with Gasteiger partial charge in [-0.3, -0.25) is 0 Å². The number of likely N-dealkylation sites (N-methyl/N-ethyl adjacent to an activating group) is 1. The van der Waals surface area contributed by atoms with Crippen LogP contribution in [0.25, 0.3) is 0 Å². The third-order valence-corrected chi connectivity index (χ3v) is 2.22. The normalized spacial score (nSPS) is 11.9. The number of hydrogen-bond donors (Lipinski definition) is 2. The Bertz CT molecular complexity index is 385. The van der Waals surface area contributed by atoms with E-state index < -0.39 is 6.10 Å². The average molecular weight is 220 g/mol. The van der Waals surface area contributed by atoms with Crippen molar-refractivity contribution in [1.82, 2.24) is 5.32 Å². The first-order valence-electron chi connectivity index (χ1n) is 5.14. The van der Waals surface area contributed by atoms with Crippen LogP contribution in [0.15, 0.2) is 18.2 Å². The van der Waals surface area contributed by atoms with E-state index in [1.165, 1.54) is 0 Å². The van der Waals surface area contributed by atoms with Crippen LogP contribution >= 0.6 is 0 Å². The Hall–Kier alpha value is -1.57. The van der Waals surface area contributed by atoms with Crippen LogP contribution in [0.5, 0.6) is 5.75 Å². The van der Waals surface area contributed by atoms with Gasteiger partial charge in [0.15, 0.2) is 0 Å². The zero-order valence-corrected chi connectivity index (χ0v) is 9.53. The lowest BCUT2D eigenvalue weighted by molar-refractivity contribution is 0.108. The summed E-state index contributed by atoms with van der Waals surface area (Å²) in [5.41, 5.74) is 1.40. The third-order valence-electron chi connectivity index (χ3n) is 2.22. The predicted octanol–water partition coefficient (Wildman–Crippen LogP) is 0.826. The molecule has 0 radical (unpaired) electrons. The molecule has 0 spiro atoms.